The molecule has 1 amide bonds. The summed E-state index contributed by atoms with van der Waals surface area (Å²) in [4.78, 5) is 21.9. The van der Waals surface area contributed by atoms with Crippen LogP contribution in [0.2, 0.25) is 5.02 Å². The van der Waals surface area contributed by atoms with Gasteiger partial charge in [0.25, 0.3) is 5.69 Å². The minimum absolute atomic E-state index is 0.0134. The molecule has 0 atom stereocenters. The first-order chi connectivity index (χ1) is 12.0. The largest absolute Gasteiger partial charge is 0.385 e. The number of anilines is 1. The Morgan fingerprint density at radius 1 is 1.04 bits per heavy atom. The van der Waals surface area contributed by atoms with Gasteiger partial charge in [0.2, 0.25) is 5.91 Å². The van der Waals surface area contributed by atoms with Crippen LogP contribution in [0.15, 0.2) is 48.5 Å². The normalized spacial score (nSPS) is 10.3. The highest BCUT2D eigenvalue weighted by atomic mass is 35.5. The first kappa shape index (κ1) is 18.7. The van der Waals surface area contributed by atoms with Gasteiger partial charge in [-0.1, -0.05) is 23.7 Å². The van der Waals surface area contributed by atoms with Crippen LogP contribution in [0.5, 0.6) is 0 Å². The molecule has 0 unspecified atom stereocenters. The third kappa shape index (κ3) is 6.81. The smallest absolute Gasteiger partial charge is 0.269 e. The zero-order chi connectivity index (χ0) is 18.1. The van der Waals surface area contributed by atoms with Crippen molar-refractivity contribution in [1.29, 1.82) is 0 Å². The number of rotatable bonds is 9. The lowest BCUT2D eigenvalue weighted by molar-refractivity contribution is -0.384. The summed E-state index contributed by atoms with van der Waals surface area (Å²) < 4.78 is 0. The summed E-state index contributed by atoms with van der Waals surface area (Å²) >= 11 is 5.83. The summed E-state index contributed by atoms with van der Waals surface area (Å²) in [6, 6.07) is 13.8. The molecule has 25 heavy (non-hydrogen) atoms. The molecule has 0 aromatic heterocycles. The summed E-state index contributed by atoms with van der Waals surface area (Å²) in [7, 11) is 0. The molecule has 7 heteroatoms. The number of carbonyl (C=O) groups excluding carboxylic acids is 1. The van der Waals surface area contributed by atoms with Crippen molar-refractivity contribution in [1.82, 2.24) is 5.32 Å². The molecule has 6 nitrogen and oxygen atoms in total. The van der Waals surface area contributed by atoms with E-state index >= 15 is 0 Å². The van der Waals surface area contributed by atoms with Crippen LogP contribution in [0.25, 0.3) is 0 Å². The Morgan fingerprint density at radius 3 is 2.36 bits per heavy atom. The van der Waals surface area contributed by atoms with Gasteiger partial charge >= 0.3 is 0 Å². The molecule has 2 aromatic rings. The van der Waals surface area contributed by atoms with Gasteiger partial charge in [0, 0.05) is 42.4 Å². The summed E-state index contributed by atoms with van der Waals surface area (Å²) in [6.45, 7) is 1.22. The fraction of sp³-hybridized carbons (Fsp3) is 0.278. The molecule has 0 aliphatic rings. The molecule has 0 saturated heterocycles. The van der Waals surface area contributed by atoms with Gasteiger partial charge in [-0.3, -0.25) is 14.9 Å². The van der Waals surface area contributed by atoms with Crippen molar-refractivity contribution >= 4 is 28.9 Å². The van der Waals surface area contributed by atoms with E-state index in [4.69, 9.17) is 11.6 Å². The predicted octanol–water partition coefficient (Wildman–Crippen LogP) is 3.80. The number of carbonyl (C=O) groups is 1. The Morgan fingerprint density at radius 2 is 1.72 bits per heavy atom. The van der Waals surface area contributed by atoms with E-state index in [-0.39, 0.29) is 11.6 Å². The Bertz CT molecular complexity index is 703. The van der Waals surface area contributed by atoms with Crippen LogP contribution >= 0.6 is 11.6 Å². The maximum Gasteiger partial charge on any atom is 0.269 e. The van der Waals surface area contributed by atoms with Gasteiger partial charge < -0.3 is 10.6 Å². The zero-order valence-corrected chi connectivity index (χ0v) is 14.5. The summed E-state index contributed by atoms with van der Waals surface area (Å²) in [6.07, 6.45) is 1.88. The van der Waals surface area contributed by atoms with Gasteiger partial charge in [-0.15, -0.1) is 0 Å². The topological polar surface area (TPSA) is 84.3 Å². The molecule has 0 aliphatic heterocycles. The van der Waals surface area contributed by atoms with E-state index in [1.54, 1.807) is 12.1 Å². The lowest BCUT2D eigenvalue weighted by Crippen LogP contribution is -2.25. The van der Waals surface area contributed by atoms with Crippen LogP contribution in [-0.2, 0) is 11.2 Å². The molecule has 2 rings (SSSR count). The predicted molar refractivity (Wildman–Crippen MR) is 99.0 cm³/mol. The number of amides is 1. The number of benzene rings is 2. The number of non-ortho nitro benzene ring substituents is 1. The molecule has 0 saturated carbocycles. The molecule has 0 fully saturated rings. The lowest BCUT2D eigenvalue weighted by Gasteiger charge is -2.07. The first-order valence-corrected chi connectivity index (χ1v) is 8.42. The SMILES string of the molecule is O=C(CCCNc1ccc([N+](=O)[O-])cc1)NCCc1ccc(Cl)cc1. The van der Waals surface area contributed by atoms with Gasteiger partial charge in [-0.2, -0.15) is 0 Å². The van der Waals surface area contributed by atoms with Crippen LogP contribution in [0.1, 0.15) is 18.4 Å². The molecule has 0 heterocycles. The highest BCUT2D eigenvalue weighted by Gasteiger charge is 2.04. The van der Waals surface area contributed by atoms with Gasteiger partial charge in [0.05, 0.1) is 4.92 Å². The van der Waals surface area contributed by atoms with E-state index < -0.39 is 4.92 Å². The van der Waals surface area contributed by atoms with Gasteiger partial charge in [0.1, 0.15) is 0 Å². The number of nitrogens with one attached hydrogen (secondary N) is 2. The number of hydrogen-bond acceptors (Lipinski definition) is 4. The van der Waals surface area contributed by atoms with Crippen molar-refractivity contribution in [3.63, 3.8) is 0 Å². The third-order valence-electron chi connectivity index (χ3n) is 3.64. The minimum atomic E-state index is -0.432. The minimum Gasteiger partial charge on any atom is -0.385 e. The van der Waals surface area contributed by atoms with Crippen molar-refractivity contribution in [2.45, 2.75) is 19.3 Å². The monoisotopic (exact) mass is 361 g/mol. The average Bonchev–Trinajstić information content (AvgIpc) is 2.61. The van der Waals surface area contributed by atoms with E-state index in [0.717, 1.165) is 17.7 Å². The Labute approximate surface area is 151 Å². The third-order valence-corrected chi connectivity index (χ3v) is 3.89. The van der Waals surface area contributed by atoms with Crippen molar-refractivity contribution < 1.29 is 9.72 Å². The number of halogens is 1. The van der Waals surface area contributed by atoms with Crippen molar-refractivity contribution in [2.24, 2.45) is 0 Å². The second kappa shape index (κ2) is 9.64. The molecular weight excluding hydrogens is 342 g/mol. The highest BCUT2D eigenvalue weighted by Crippen LogP contribution is 2.15. The van der Waals surface area contributed by atoms with Crippen LogP contribution in [0, 0.1) is 10.1 Å². The molecule has 2 aromatic carbocycles. The molecule has 2 N–H and O–H groups in total. The van der Waals surface area contributed by atoms with E-state index in [2.05, 4.69) is 10.6 Å². The fourth-order valence-electron chi connectivity index (χ4n) is 2.27. The van der Waals surface area contributed by atoms with Gasteiger partial charge in [-0.05, 0) is 42.7 Å². The standard InChI is InChI=1S/C18H20ClN3O3/c19-15-5-3-14(4-6-15)11-13-21-18(23)2-1-12-20-16-7-9-17(10-8-16)22(24)25/h3-10,20H,1-2,11-13H2,(H,21,23). The quantitative estimate of drug-likeness (QED) is 0.404. The van der Waals surface area contributed by atoms with E-state index in [1.165, 1.54) is 12.1 Å². The maximum absolute atomic E-state index is 11.8. The number of hydrogen-bond donors (Lipinski definition) is 2. The summed E-state index contributed by atoms with van der Waals surface area (Å²) in [5, 5.41) is 17.3. The van der Waals surface area contributed by atoms with Crippen LogP contribution in [0.4, 0.5) is 11.4 Å². The number of nitro groups is 1. The first-order valence-electron chi connectivity index (χ1n) is 8.04. The van der Waals surface area contributed by atoms with Crippen molar-refractivity contribution in [3.05, 3.63) is 69.2 Å². The molecule has 0 aliphatic carbocycles. The van der Waals surface area contributed by atoms with E-state index in [0.29, 0.717) is 31.0 Å². The Balaban J connectivity index is 1.58. The molecule has 0 bridgehead atoms. The number of nitrogens with zero attached hydrogens (tertiary/aromatic N) is 1. The Kier molecular flexibility index (Phi) is 7.22. The van der Waals surface area contributed by atoms with Crippen LogP contribution in [-0.4, -0.2) is 23.9 Å². The molecule has 0 radical (unpaired) electrons. The molecule has 132 valence electrons. The van der Waals surface area contributed by atoms with Crippen molar-refractivity contribution in [2.75, 3.05) is 18.4 Å². The Hall–Kier alpha value is -2.60. The average molecular weight is 362 g/mol. The summed E-state index contributed by atoms with van der Waals surface area (Å²) in [5.41, 5.74) is 1.99. The molecule has 0 spiro atoms. The second-order valence-electron chi connectivity index (χ2n) is 5.56. The number of nitro benzene ring substituents is 1. The van der Waals surface area contributed by atoms with Gasteiger partial charge in [-0.25, -0.2) is 0 Å². The van der Waals surface area contributed by atoms with Crippen LogP contribution in [0.3, 0.4) is 0 Å². The van der Waals surface area contributed by atoms with E-state index in [1.807, 2.05) is 24.3 Å². The molecular formula is C18H20ClN3O3. The maximum atomic E-state index is 11.8. The lowest BCUT2D eigenvalue weighted by atomic mass is 10.1. The fourth-order valence-corrected chi connectivity index (χ4v) is 2.39. The zero-order valence-electron chi connectivity index (χ0n) is 13.7. The highest BCUT2D eigenvalue weighted by molar-refractivity contribution is 6.30. The summed E-state index contributed by atoms with van der Waals surface area (Å²) in [5.74, 6) is 0.0134. The van der Waals surface area contributed by atoms with Crippen molar-refractivity contribution in [3.8, 4) is 0 Å². The van der Waals surface area contributed by atoms with Crippen LogP contribution < -0.4 is 10.6 Å². The van der Waals surface area contributed by atoms with E-state index in [9.17, 15) is 14.9 Å². The second-order valence-corrected chi connectivity index (χ2v) is 6.00. The van der Waals surface area contributed by atoms with Gasteiger partial charge in [0.15, 0.2) is 0 Å².